The van der Waals surface area contributed by atoms with Gasteiger partial charge in [0.15, 0.2) is 0 Å². The molecule has 0 spiro atoms. The molecular formula is C8H6BrCl2NO. The van der Waals surface area contributed by atoms with Gasteiger partial charge in [0.05, 0.1) is 15.7 Å². The highest BCUT2D eigenvalue weighted by molar-refractivity contribution is 9.10. The Morgan fingerprint density at radius 3 is 2.62 bits per heavy atom. The van der Waals surface area contributed by atoms with E-state index in [0.717, 1.165) is 0 Å². The van der Waals surface area contributed by atoms with Gasteiger partial charge in [0, 0.05) is 11.4 Å². The summed E-state index contributed by atoms with van der Waals surface area (Å²) < 4.78 is 0.697. The molecular weight excluding hydrogens is 277 g/mol. The van der Waals surface area contributed by atoms with Crippen molar-refractivity contribution in [1.82, 2.24) is 0 Å². The van der Waals surface area contributed by atoms with Crippen LogP contribution in [0, 0.1) is 0 Å². The minimum absolute atomic E-state index is 0.207. The standard InChI is InChI=1S/C8H6BrCl2NO/c1-4(13)12-8-6(10)3-2-5(9)7(8)11/h2-3H,1H3,(H,12,13). The summed E-state index contributed by atoms with van der Waals surface area (Å²) in [5.74, 6) is -0.207. The molecule has 0 heterocycles. The molecule has 1 N–H and O–H groups in total. The monoisotopic (exact) mass is 281 g/mol. The van der Waals surface area contributed by atoms with Crippen LogP contribution in [-0.2, 0) is 4.79 Å². The number of amides is 1. The fourth-order valence-corrected chi connectivity index (χ4v) is 1.61. The lowest BCUT2D eigenvalue weighted by atomic mass is 10.3. The van der Waals surface area contributed by atoms with E-state index < -0.39 is 0 Å². The molecule has 2 nitrogen and oxygen atoms in total. The van der Waals surface area contributed by atoms with E-state index in [9.17, 15) is 4.79 Å². The van der Waals surface area contributed by atoms with Crippen LogP contribution in [0.15, 0.2) is 16.6 Å². The van der Waals surface area contributed by atoms with Crippen molar-refractivity contribution in [2.24, 2.45) is 0 Å². The summed E-state index contributed by atoms with van der Waals surface area (Å²) in [6.07, 6.45) is 0. The largest absolute Gasteiger partial charge is 0.324 e. The van der Waals surface area contributed by atoms with Crippen LogP contribution in [0.4, 0.5) is 5.69 Å². The average molecular weight is 283 g/mol. The van der Waals surface area contributed by atoms with E-state index in [0.29, 0.717) is 20.2 Å². The number of carbonyl (C=O) groups excluding carboxylic acids is 1. The van der Waals surface area contributed by atoms with Crippen molar-refractivity contribution in [3.8, 4) is 0 Å². The fraction of sp³-hybridized carbons (Fsp3) is 0.125. The van der Waals surface area contributed by atoms with Crippen molar-refractivity contribution in [2.45, 2.75) is 6.92 Å². The van der Waals surface area contributed by atoms with E-state index in [2.05, 4.69) is 21.2 Å². The summed E-state index contributed by atoms with van der Waals surface area (Å²) in [6, 6.07) is 3.37. The molecule has 0 aromatic heterocycles. The predicted molar refractivity (Wildman–Crippen MR) is 58.5 cm³/mol. The van der Waals surface area contributed by atoms with Gasteiger partial charge in [-0.15, -0.1) is 0 Å². The van der Waals surface area contributed by atoms with Crippen LogP contribution >= 0.6 is 39.1 Å². The van der Waals surface area contributed by atoms with E-state index in [1.807, 2.05) is 0 Å². The van der Waals surface area contributed by atoms with E-state index in [1.165, 1.54) is 6.92 Å². The fourth-order valence-electron chi connectivity index (χ4n) is 0.818. The molecule has 0 radical (unpaired) electrons. The topological polar surface area (TPSA) is 29.1 Å². The Hall–Kier alpha value is -0.250. The smallest absolute Gasteiger partial charge is 0.221 e. The first-order valence-corrected chi connectivity index (χ1v) is 4.98. The van der Waals surface area contributed by atoms with Gasteiger partial charge in [-0.25, -0.2) is 0 Å². The van der Waals surface area contributed by atoms with Crippen molar-refractivity contribution in [3.63, 3.8) is 0 Å². The number of hydrogen-bond donors (Lipinski definition) is 1. The van der Waals surface area contributed by atoms with Gasteiger partial charge in [-0.3, -0.25) is 4.79 Å². The maximum absolute atomic E-state index is 10.8. The van der Waals surface area contributed by atoms with Crippen LogP contribution in [-0.4, -0.2) is 5.91 Å². The Bertz CT molecular complexity index is 354. The van der Waals surface area contributed by atoms with Crippen LogP contribution in [0.1, 0.15) is 6.92 Å². The van der Waals surface area contributed by atoms with Crippen molar-refractivity contribution in [3.05, 3.63) is 26.7 Å². The summed E-state index contributed by atoms with van der Waals surface area (Å²) in [7, 11) is 0. The van der Waals surface area contributed by atoms with Crippen molar-refractivity contribution < 1.29 is 4.79 Å². The third-order valence-electron chi connectivity index (χ3n) is 1.35. The summed E-state index contributed by atoms with van der Waals surface area (Å²) in [5, 5.41) is 3.37. The van der Waals surface area contributed by atoms with Crippen LogP contribution < -0.4 is 5.32 Å². The van der Waals surface area contributed by atoms with E-state index in [-0.39, 0.29) is 5.91 Å². The van der Waals surface area contributed by atoms with Gasteiger partial charge < -0.3 is 5.32 Å². The summed E-state index contributed by atoms with van der Waals surface area (Å²) in [5.41, 5.74) is 0.435. The summed E-state index contributed by atoms with van der Waals surface area (Å²) in [4.78, 5) is 10.8. The van der Waals surface area contributed by atoms with Crippen molar-refractivity contribution in [1.29, 1.82) is 0 Å². The van der Waals surface area contributed by atoms with E-state index in [1.54, 1.807) is 12.1 Å². The molecule has 0 atom stereocenters. The van der Waals surface area contributed by atoms with Gasteiger partial charge in [-0.2, -0.15) is 0 Å². The zero-order chi connectivity index (χ0) is 10.0. The van der Waals surface area contributed by atoms with Gasteiger partial charge in [-0.1, -0.05) is 23.2 Å². The SMILES string of the molecule is CC(=O)Nc1c(Cl)ccc(Br)c1Cl. The molecule has 0 aliphatic carbocycles. The Kier molecular flexibility index (Phi) is 3.59. The number of rotatable bonds is 1. The lowest BCUT2D eigenvalue weighted by molar-refractivity contribution is -0.114. The molecule has 5 heteroatoms. The molecule has 1 aromatic carbocycles. The molecule has 0 aliphatic rings. The van der Waals surface area contributed by atoms with Crippen LogP contribution in [0.25, 0.3) is 0 Å². The number of benzene rings is 1. The zero-order valence-corrected chi connectivity index (χ0v) is 9.79. The van der Waals surface area contributed by atoms with Crippen molar-refractivity contribution in [2.75, 3.05) is 5.32 Å². The molecule has 0 saturated carbocycles. The second-order valence-electron chi connectivity index (χ2n) is 2.40. The molecule has 1 aromatic rings. The quantitative estimate of drug-likeness (QED) is 0.782. The van der Waals surface area contributed by atoms with Crippen molar-refractivity contribution >= 4 is 50.7 Å². The lowest BCUT2D eigenvalue weighted by Gasteiger charge is -2.08. The minimum Gasteiger partial charge on any atom is -0.324 e. The normalized spacial score (nSPS) is 9.85. The molecule has 70 valence electrons. The van der Waals surface area contributed by atoms with E-state index in [4.69, 9.17) is 23.2 Å². The average Bonchev–Trinajstić information content (AvgIpc) is 2.05. The number of halogens is 3. The predicted octanol–water partition coefficient (Wildman–Crippen LogP) is 3.71. The Morgan fingerprint density at radius 1 is 1.46 bits per heavy atom. The lowest BCUT2D eigenvalue weighted by Crippen LogP contribution is -2.06. The number of nitrogens with one attached hydrogen (secondary N) is 1. The third kappa shape index (κ3) is 2.59. The summed E-state index contributed by atoms with van der Waals surface area (Å²) in [6.45, 7) is 1.40. The molecule has 0 fully saturated rings. The highest BCUT2D eigenvalue weighted by Crippen LogP contribution is 2.35. The van der Waals surface area contributed by atoms with E-state index >= 15 is 0 Å². The molecule has 0 aliphatic heterocycles. The number of carbonyl (C=O) groups is 1. The van der Waals surface area contributed by atoms with Gasteiger partial charge in [0.2, 0.25) is 5.91 Å². The Balaban J connectivity index is 3.17. The molecule has 1 rings (SSSR count). The zero-order valence-electron chi connectivity index (χ0n) is 6.70. The van der Waals surface area contributed by atoms with Gasteiger partial charge in [-0.05, 0) is 28.1 Å². The first-order valence-electron chi connectivity index (χ1n) is 3.43. The number of hydrogen-bond acceptors (Lipinski definition) is 1. The Labute approximate surface area is 94.3 Å². The van der Waals surface area contributed by atoms with Gasteiger partial charge in [0.1, 0.15) is 0 Å². The first kappa shape index (κ1) is 10.8. The second kappa shape index (κ2) is 4.31. The van der Waals surface area contributed by atoms with Gasteiger partial charge >= 0.3 is 0 Å². The maximum Gasteiger partial charge on any atom is 0.221 e. The maximum atomic E-state index is 10.8. The second-order valence-corrected chi connectivity index (χ2v) is 4.04. The van der Waals surface area contributed by atoms with Crippen LogP contribution in [0.2, 0.25) is 10.0 Å². The first-order chi connectivity index (χ1) is 6.02. The number of anilines is 1. The Morgan fingerprint density at radius 2 is 2.08 bits per heavy atom. The minimum atomic E-state index is -0.207. The molecule has 0 unspecified atom stereocenters. The highest BCUT2D eigenvalue weighted by atomic mass is 79.9. The molecule has 13 heavy (non-hydrogen) atoms. The molecule has 1 amide bonds. The summed E-state index contributed by atoms with van der Waals surface area (Å²) >= 11 is 15.0. The van der Waals surface area contributed by atoms with Crippen LogP contribution in [0.5, 0.6) is 0 Å². The highest BCUT2D eigenvalue weighted by Gasteiger charge is 2.09. The molecule has 0 saturated heterocycles. The molecule has 0 bridgehead atoms. The van der Waals surface area contributed by atoms with Gasteiger partial charge in [0.25, 0.3) is 0 Å². The third-order valence-corrected chi connectivity index (χ3v) is 2.94. The van der Waals surface area contributed by atoms with Crippen LogP contribution in [0.3, 0.4) is 0 Å².